The number of aryl methyl sites for hydroxylation is 3. The van der Waals surface area contributed by atoms with Gasteiger partial charge in [-0.2, -0.15) is 0 Å². The molecule has 37 heavy (non-hydrogen) atoms. The predicted octanol–water partition coefficient (Wildman–Crippen LogP) is 4.41. The fourth-order valence-electron chi connectivity index (χ4n) is 4.51. The molecule has 3 rings (SSSR count). The molecule has 1 saturated carbocycles. The van der Waals surface area contributed by atoms with Crippen LogP contribution in [0.1, 0.15) is 62.4 Å². The Bertz CT molecular complexity index is 1140. The third kappa shape index (κ3) is 7.32. The number of hydrogen-bond donors (Lipinski definition) is 3. The second-order valence-electron chi connectivity index (χ2n) is 11.0. The van der Waals surface area contributed by atoms with Crippen molar-refractivity contribution < 1.29 is 24.2 Å². The van der Waals surface area contributed by atoms with E-state index in [9.17, 15) is 19.5 Å². The molecule has 4 unspecified atom stereocenters. The van der Waals surface area contributed by atoms with Crippen molar-refractivity contribution in [2.45, 2.75) is 78.6 Å². The van der Waals surface area contributed by atoms with Crippen molar-refractivity contribution in [3.05, 3.63) is 64.7 Å². The van der Waals surface area contributed by atoms with E-state index >= 15 is 0 Å². The molecule has 0 saturated heterocycles. The Hall–Kier alpha value is -3.39. The molecular formula is C29H39N3O5. The molecule has 0 aliphatic heterocycles. The number of nitrogens with one attached hydrogen (secondary N) is 2. The normalized spacial score (nSPS) is 18.4. The van der Waals surface area contributed by atoms with Crippen molar-refractivity contribution in [3.8, 4) is 0 Å². The highest BCUT2D eigenvalue weighted by Gasteiger charge is 2.48. The highest BCUT2D eigenvalue weighted by Crippen LogP contribution is 2.41. The molecule has 8 nitrogen and oxygen atoms in total. The van der Waals surface area contributed by atoms with Crippen molar-refractivity contribution in [1.29, 1.82) is 0 Å². The highest BCUT2D eigenvalue weighted by atomic mass is 16.6. The van der Waals surface area contributed by atoms with E-state index in [1.807, 2.05) is 70.2 Å². The van der Waals surface area contributed by atoms with Crippen molar-refractivity contribution >= 4 is 23.6 Å². The van der Waals surface area contributed by atoms with Gasteiger partial charge in [0.05, 0.1) is 6.61 Å². The lowest BCUT2D eigenvalue weighted by molar-refractivity contribution is -0.142. The lowest BCUT2D eigenvalue weighted by Gasteiger charge is -2.35. The molecule has 0 aromatic heterocycles. The first-order valence-electron chi connectivity index (χ1n) is 12.7. The number of aliphatic hydroxyl groups is 1. The number of anilines is 1. The van der Waals surface area contributed by atoms with Crippen LogP contribution in [0.2, 0.25) is 0 Å². The van der Waals surface area contributed by atoms with Gasteiger partial charge in [0.1, 0.15) is 17.7 Å². The van der Waals surface area contributed by atoms with Gasteiger partial charge in [0.2, 0.25) is 5.91 Å². The second-order valence-corrected chi connectivity index (χ2v) is 11.0. The van der Waals surface area contributed by atoms with Crippen molar-refractivity contribution in [1.82, 2.24) is 10.2 Å². The molecule has 4 atom stereocenters. The van der Waals surface area contributed by atoms with E-state index in [1.54, 1.807) is 20.8 Å². The van der Waals surface area contributed by atoms with E-state index in [4.69, 9.17) is 4.74 Å². The number of alkyl carbamates (subject to hydrolysis) is 1. The Kier molecular flexibility index (Phi) is 8.64. The Morgan fingerprint density at radius 1 is 1.08 bits per heavy atom. The molecular weight excluding hydrogens is 470 g/mol. The van der Waals surface area contributed by atoms with Gasteiger partial charge in [-0.15, -0.1) is 0 Å². The molecule has 2 aromatic rings. The lowest BCUT2D eigenvalue weighted by atomic mass is 9.98. The zero-order valence-electron chi connectivity index (χ0n) is 22.8. The third-order valence-electron chi connectivity index (χ3n) is 6.34. The summed E-state index contributed by atoms with van der Waals surface area (Å²) in [7, 11) is 0. The van der Waals surface area contributed by atoms with Crippen LogP contribution in [0.25, 0.3) is 0 Å². The van der Waals surface area contributed by atoms with Gasteiger partial charge >= 0.3 is 6.09 Å². The van der Waals surface area contributed by atoms with E-state index < -0.39 is 36.3 Å². The number of hydrogen-bond acceptors (Lipinski definition) is 5. The molecule has 2 aromatic carbocycles. The van der Waals surface area contributed by atoms with Crippen LogP contribution < -0.4 is 10.6 Å². The summed E-state index contributed by atoms with van der Waals surface area (Å²) in [5, 5.41) is 15.6. The first kappa shape index (κ1) is 28.2. The molecule has 1 aliphatic carbocycles. The van der Waals surface area contributed by atoms with Gasteiger partial charge in [0.15, 0.2) is 0 Å². The summed E-state index contributed by atoms with van der Waals surface area (Å²) in [6.45, 7) is 12.3. The second kappa shape index (κ2) is 11.3. The summed E-state index contributed by atoms with van der Waals surface area (Å²) in [5.41, 5.74) is 3.38. The zero-order chi connectivity index (χ0) is 27.5. The number of benzene rings is 2. The first-order valence-corrected chi connectivity index (χ1v) is 12.7. The number of aliphatic hydroxyl groups excluding tert-OH is 1. The van der Waals surface area contributed by atoms with Crippen molar-refractivity contribution in [3.63, 3.8) is 0 Å². The number of rotatable bonds is 8. The van der Waals surface area contributed by atoms with Crippen LogP contribution in [0.15, 0.2) is 42.5 Å². The van der Waals surface area contributed by atoms with Gasteiger partial charge < -0.3 is 25.4 Å². The molecule has 1 aliphatic rings. The van der Waals surface area contributed by atoms with E-state index in [0.717, 1.165) is 23.1 Å². The van der Waals surface area contributed by atoms with E-state index in [-0.39, 0.29) is 17.9 Å². The highest BCUT2D eigenvalue weighted by molar-refractivity contribution is 5.99. The van der Waals surface area contributed by atoms with Gasteiger partial charge in [-0.25, -0.2) is 4.79 Å². The van der Waals surface area contributed by atoms with E-state index in [0.29, 0.717) is 11.3 Å². The molecule has 1 fully saturated rings. The smallest absolute Gasteiger partial charge is 0.408 e. The molecule has 0 bridgehead atoms. The molecule has 0 radical (unpaired) electrons. The summed E-state index contributed by atoms with van der Waals surface area (Å²) < 4.78 is 5.30. The van der Waals surface area contributed by atoms with Crippen LogP contribution in [0.5, 0.6) is 0 Å². The summed E-state index contributed by atoms with van der Waals surface area (Å²) >= 11 is 0. The molecule has 0 spiro atoms. The maximum atomic E-state index is 13.9. The van der Waals surface area contributed by atoms with Crippen LogP contribution in [0.4, 0.5) is 10.5 Å². The summed E-state index contributed by atoms with van der Waals surface area (Å²) in [5.74, 6) is -0.725. The number of para-hydroxylation sites is 1. The maximum absolute atomic E-state index is 13.9. The van der Waals surface area contributed by atoms with Crippen LogP contribution in [0.3, 0.4) is 0 Å². The lowest BCUT2D eigenvalue weighted by Crippen LogP contribution is -2.54. The Morgan fingerprint density at radius 3 is 2.19 bits per heavy atom. The minimum atomic E-state index is -1.26. The number of carbonyl (C=O) groups is 3. The fourth-order valence-corrected chi connectivity index (χ4v) is 4.51. The molecule has 0 heterocycles. The summed E-state index contributed by atoms with van der Waals surface area (Å²) in [4.78, 5) is 41.8. The predicted molar refractivity (Wildman–Crippen MR) is 143 cm³/mol. The average molecular weight is 510 g/mol. The van der Waals surface area contributed by atoms with Gasteiger partial charge in [0, 0.05) is 11.7 Å². The van der Waals surface area contributed by atoms with Gasteiger partial charge in [0.25, 0.3) is 5.91 Å². The quantitative estimate of drug-likeness (QED) is 0.488. The van der Waals surface area contributed by atoms with Crippen LogP contribution in [0, 0.1) is 26.7 Å². The van der Waals surface area contributed by atoms with E-state index in [2.05, 4.69) is 10.6 Å². The summed E-state index contributed by atoms with van der Waals surface area (Å²) in [6, 6.07) is 10.8. The summed E-state index contributed by atoms with van der Waals surface area (Å²) in [6.07, 6.45) is -0.0917. The largest absolute Gasteiger partial charge is 0.444 e. The first-order chi connectivity index (χ1) is 17.3. The molecule has 200 valence electrons. The van der Waals surface area contributed by atoms with Crippen LogP contribution in [-0.2, 0) is 14.3 Å². The molecule has 8 heteroatoms. The number of ether oxygens (including phenoxy) is 1. The standard InChI is InChI=1S/C29H39N3O5/c1-17-12-18(2)14-21(13-17)25(26(34)30-22-11-9-8-10-19(22)3)32(24-15-20(24)4)27(35)23(16-33)31-28(36)37-29(5,6)7/h8-14,20,23-25,33H,15-16H2,1-7H3,(H,30,34)(H,31,36). The maximum Gasteiger partial charge on any atom is 0.408 e. The fraction of sp³-hybridized carbons (Fsp3) is 0.483. The van der Waals surface area contributed by atoms with Crippen LogP contribution >= 0.6 is 0 Å². The SMILES string of the molecule is Cc1cc(C)cc(C(C(=O)Nc2ccccc2C)N(C(=O)C(CO)NC(=O)OC(C)(C)C)C2CC2C)c1. The average Bonchev–Trinajstić information content (AvgIpc) is 3.50. The number of nitrogens with zero attached hydrogens (tertiary/aromatic N) is 1. The molecule has 3 amide bonds. The Labute approximate surface area is 219 Å². The minimum absolute atomic E-state index is 0.171. The van der Waals surface area contributed by atoms with Gasteiger partial charge in [-0.1, -0.05) is 54.4 Å². The molecule has 3 N–H and O–H groups in total. The number of amides is 3. The zero-order valence-corrected chi connectivity index (χ0v) is 22.8. The van der Waals surface area contributed by atoms with Crippen molar-refractivity contribution in [2.24, 2.45) is 5.92 Å². The number of carbonyl (C=O) groups excluding carboxylic acids is 3. The monoisotopic (exact) mass is 509 g/mol. The third-order valence-corrected chi connectivity index (χ3v) is 6.34. The van der Waals surface area contributed by atoms with E-state index in [1.165, 1.54) is 4.90 Å². The van der Waals surface area contributed by atoms with Gasteiger partial charge in [-0.3, -0.25) is 9.59 Å². The van der Waals surface area contributed by atoms with Crippen molar-refractivity contribution in [2.75, 3.05) is 11.9 Å². The Morgan fingerprint density at radius 2 is 1.68 bits per heavy atom. The van der Waals surface area contributed by atoms with Gasteiger partial charge in [-0.05, 0) is 71.1 Å². The topological polar surface area (TPSA) is 108 Å². The van der Waals surface area contributed by atoms with Crippen LogP contribution in [-0.4, -0.2) is 52.2 Å². The Balaban J connectivity index is 2.02. The minimum Gasteiger partial charge on any atom is -0.444 e.